The minimum Gasteiger partial charge on any atom is -0.483 e. The van der Waals surface area contributed by atoms with Crippen LogP contribution in [0, 0.1) is 6.92 Å². The van der Waals surface area contributed by atoms with E-state index in [2.05, 4.69) is 0 Å². The van der Waals surface area contributed by atoms with E-state index >= 15 is 0 Å². The third-order valence-corrected chi connectivity index (χ3v) is 4.72. The number of nitrogens with zero attached hydrogens (tertiary/aromatic N) is 1. The second-order valence-electron chi connectivity index (χ2n) is 6.01. The fourth-order valence-corrected chi connectivity index (χ4v) is 3.77. The van der Waals surface area contributed by atoms with Gasteiger partial charge in [-0.2, -0.15) is 0 Å². The number of carbonyl (C=O) groups is 1. The van der Waals surface area contributed by atoms with E-state index < -0.39 is 0 Å². The van der Waals surface area contributed by atoms with Crippen LogP contribution in [0.1, 0.15) is 31.2 Å². The van der Waals surface area contributed by atoms with Gasteiger partial charge in [-0.25, -0.2) is 0 Å². The number of benzene rings is 1. The van der Waals surface area contributed by atoms with Gasteiger partial charge in [-0.3, -0.25) is 4.79 Å². The summed E-state index contributed by atoms with van der Waals surface area (Å²) >= 11 is 5.91. The van der Waals surface area contributed by atoms with E-state index in [0.29, 0.717) is 23.6 Å². The Labute approximate surface area is 129 Å². The first-order valence-electron chi connectivity index (χ1n) is 7.43. The lowest BCUT2D eigenvalue weighted by Gasteiger charge is -2.37. The van der Waals surface area contributed by atoms with Crippen LogP contribution in [0.25, 0.3) is 0 Å². The maximum Gasteiger partial charge on any atom is 0.261 e. The Morgan fingerprint density at radius 1 is 1.38 bits per heavy atom. The van der Waals surface area contributed by atoms with Crippen molar-refractivity contribution < 1.29 is 14.6 Å². The van der Waals surface area contributed by atoms with Gasteiger partial charge in [0.05, 0.1) is 6.10 Å². The third-order valence-electron chi connectivity index (χ3n) is 4.48. The van der Waals surface area contributed by atoms with Crippen molar-refractivity contribution in [1.82, 2.24) is 4.90 Å². The number of aliphatic hydroxyl groups excluding tert-OH is 1. The van der Waals surface area contributed by atoms with Gasteiger partial charge in [0.2, 0.25) is 0 Å². The Morgan fingerprint density at radius 2 is 2.05 bits per heavy atom. The van der Waals surface area contributed by atoms with Gasteiger partial charge < -0.3 is 14.7 Å². The van der Waals surface area contributed by atoms with Crippen molar-refractivity contribution in [2.24, 2.45) is 0 Å². The SMILES string of the molecule is Cc1cc(Cl)ccc1OCC(=O)N1C2CCC1CC(O)C2. The number of halogens is 1. The molecule has 2 fully saturated rings. The first-order valence-corrected chi connectivity index (χ1v) is 7.80. The van der Waals surface area contributed by atoms with Gasteiger partial charge in [0.1, 0.15) is 5.75 Å². The highest BCUT2D eigenvalue weighted by molar-refractivity contribution is 6.30. The monoisotopic (exact) mass is 309 g/mol. The fraction of sp³-hybridized carbons (Fsp3) is 0.562. The third kappa shape index (κ3) is 3.01. The number of rotatable bonds is 3. The zero-order valence-electron chi connectivity index (χ0n) is 12.1. The highest BCUT2D eigenvalue weighted by atomic mass is 35.5. The summed E-state index contributed by atoms with van der Waals surface area (Å²) in [6.07, 6.45) is 3.12. The van der Waals surface area contributed by atoms with Crippen molar-refractivity contribution in [3.63, 3.8) is 0 Å². The van der Waals surface area contributed by atoms with Crippen LogP contribution in [-0.4, -0.2) is 40.7 Å². The molecule has 0 aliphatic carbocycles. The van der Waals surface area contributed by atoms with Gasteiger partial charge >= 0.3 is 0 Å². The summed E-state index contributed by atoms with van der Waals surface area (Å²) in [5, 5.41) is 10.4. The van der Waals surface area contributed by atoms with Crippen molar-refractivity contribution in [2.45, 2.75) is 50.8 Å². The molecule has 3 rings (SSSR count). The molecule has 1 N–H and O–H groups in total. The second kappa shape index (κ2) is 5.85. The smallest absolute Gasteiger partial charge is 0.261 e. The molecule has 4 nitrogen and oxygen atoms in total. The zero-order chi connectivity index (χ0) is 15.0. The molecule has 2 unspecified atom stereocenters. The largest absolute Gasteiger partial charge is 0.483 e. The lowest BCUT2D eigenvalue weighted by Crippen LogP contribution is -2.49. The van der Waals surface area contributed by atoms with Crippen LogP contribution in [0.2, 0.25) is 5.02 Å². The van der Waals surface area contributed by atoms with E-state index in [9.17, 15) is 9.90 Å². The molecule has 2 atom stereocenters. The van der Waals surface area contributed by atoms with Gasteiger partial charge in [0, 0.05) is 17.1 Å². The Kier molecular flexibility index (Phi) is 4.09. The molecule has 2 aliphatic rings. The number of fused-ring (bicyclic) bond motifs is 2. The number of amides is 1. The minimum atomic E-state index is -0.258. The van der Waals surface area contributed by atoms with Crippen molar-refractivity contribution in [2.75, 3.05) is 6.61 Å². The lowest BCUT2D eigenvalue weighted by atomic mass is 10.00. The number of hydrogen-bond donors (Lipinski definition) is 1. The van der Waals surface area contributed by atoms with E-state index in [4.69, 9.17) is 16.3 Å². The summed E-state index contributed by atoms with van der Waals surface area (Å²) in [6, 6.07) is 5.74. The van der Waals surface area contributed by atoms with E-state index in [1.165, 1.54) is 0 Å². The van der Waals surface area contributed by atoms with Crippen LogP contribution in [0.3, 0.4) is 0 Å². The maximum atomic E-state index is 12.4. The standard InChI is InChI=1S/C16H20ClNO3/c1-10-6-11(17)2-5-15(10)21-9-16(20)18-12-3-4-13(18)8-14(19)7-12/h2,5-6,12-14,19H,3-4,7-9H2,1H3. The Bertz CT molecular complexity index is 534. The molecule has 0 radical (unpaired) electrons. The van der Waals surface area contributed by atoms with Crippen molar-refractivity contribution in [1.29, 1.82) is 0 Å². The quantitative estimate of drug-likeness (QED) is 0.933. The van der Waals surface area contributed by atoms with Gasteiger partial charge in [-0.05, 0) is 56.4 Å². The van der Waals surface area contributed by atoms with Crippen LogP contribution >= 0.6 is 11.6 Å². The highest BCUT2D eigenvalue weighted by Gasteiger charge is 2.42. The number of aryl methyl sites for hydroxylation is 1. The van der Waals surface area contributed by atoms with Gasteiger partial charge in [0.15, 0.2) is 6.61 Å². The number of aliphatic hydroxyl groups is 1. The first-order chi connectivity index (χ1) is 10.0. The van der Waals surface area contributed by atoms with Crippen LogP contribution in [0.4, 0.5) is 0 Å². The molecular weight excluding hydrogens is 290 g/mol. The van der Waals surface area contributed by atoms with Crippen LogP contribution in [0.15, 0.2) is 18.2 Å². The average molecular weight is 310 g/mol. The van der Waals surface area contributed by atoms with Gasteiger partial charge in [-0.1, -0.05) is 11.6 Å². The van der Waals surface area contributed by atoms with Crippen molar-refractivity contribution >= 4 is 17.5 Å². The summed E-state index contributed by atoms with van der Waals surface area (Å²) < 4.78 is 5.65. The molecule has 2 heterocycles. The van der Waals surface area contributed by atoms with Crippen LogP contribution in [0.5, 0.6) is 5.75 Å². The van der Waals surface area contributed by atoms with Gasteiger partial charge in [-0.15, -0.1) is 0 Å². The first kappa shape index (κ1) is 14.7. The number of hydrogen-bond acceptors (Lipinski definition) is 3. The topological polar surface area (TPSA) is 49.8 Å². The molecule has 1 aromatic rings. The number of ether oxygens (including phenoxy) is 1. The van der Waals surface area contributed by atoms with Crippen molar-refractivity contribution in [3.8, 4) is 5.75 Å². The van der Waals surface area contributed by atoms with Crippen LogP contribution < -0.4 is 4.74 Å². The second-order valence-corrected chi connectivity index (χ2v) is 6.45. The fourth-order valence-electron chi connectivity index (χ4n) is 3.54. The average Bonchev–Trinajstić information content (AvgIpc) is 2.70. The Balaban J connectivity index is 1.62. The maximum absolute atomic E-state index is 12.4. The molecule has 2 bridgehead atoms. The molecule has 114 valence electrons. The molecule has 1 amide bonds. The molecule has 2 aliphatic heterocycles. The summed E-state index contributed by atoms with van der Waals surface area (Å²) in [6.45, 7) is 1.96. The van der Waals surface area contributed by atoms with E-state index in [1.54, 1.807) is 12.1 Å². The number of carbonyl (C=O) groups excluding carboxylic acids is 1. The summed E-state index contributed by atoms with van der Waals surface area (Å²) in [4.78, 5) is 14.3. The Morgan fingerprint density at radius 3 is 2.67 bits per heavy atom. The molecule has 21 heavy (non-hydrogen) atoms. The molecule has 2 saturated heterocycles. The lowest BCUT2D eigenvalue weighted by molar-refractivity contribution is -0.139. The summed E-state index contributed by atoms with van der Waals surface area (Å²) in [5.41, 5.74) is 0.923. The normalized spacial score (nSPS) is 27.8. The Hall–Kier alpha value is -1.26. The summed E-state index contributed by atoms with van der Waals surface area (Å²) in [7, 11) is 0. The van der Waals surface area contributed by atoms with Crippen LogP contribution in [-0.2, 0) is 4.79 Å². The predicted molar refractivity (Wildman–Crippen MR) is 80.6 cm³/mol. The zero-order valence-corrected chi connectivity index (χ0v) is 12.8. The minimum absolute atomic E-state index is 0.0174. The highest BCUT2D eigenvalue weighted by Crippen LogP contribution is 2.35. The number of piperidine rings is 1. The molecule has 1 aromatic carbocycles. The molecule has 5 heteroatoms. The van der Waals surface area contributed by atoms with E-state index in [-0.39, 0.29) is 30.7 Å². The predicted octanol–water partition coefficient (Wildman–Crippen LogP) is 2.54. The molecule has 0 aromatic heterocycles. The molecule has 0 saturated carbocycles. The van der Waals surface area contributed by atoms with E-state index in [1.807, 2.05) is 17.9 Å². The van der Waals surface area contributed by atoms with E-state index in [0.717, 1.165) is 18.4 Å². The molecule has 0 spiro atoms. The van der Waals surface area contributed by atoms with Gasteiger partial charge in [0.25, 0.3) is 5.91 Å². The van der Waals surface area contributed by atoms with Crippen molar-refractivity contribution in [3.05, 3.63) is 28.8 Å². The summed E-state index contributed by atoms with van der Waals surface area (Å²) in [5.74, 6) is 0.709. The molecular formula is C16H20ClNO3.